The van der Waals surface area contributed by atoms with Crippen molar-refractivity contribution in [2.75, 3.05) is 6.54 Å². The van der Waals surface area contributed by atoms with E-state index in [0.717, 1.165) is 5.69 Å². The van der Waals surface area contributed by atoms with Crippen LogP contribution < -0.4 is 5.32 Å². The van der Waals surface area contributed by atoms with Crippen LogP contribution in [0.15, 0.2) is 18.3 Å². The Hall–Kier alpha value is -1.33. The van der Waals surface area contributed by atoms with E-state index in [1.807, 2.05) is 18.3 Å². The summed E-state index contributed by atoms with van der Waals surface area (Å²) in [4.78, 5) is 13.2. The second-order valence-corrected chi connectivity index (χ2v) is 3.08. The Labute approximate surface area is 81.8 Å². The zero-order valence-corrected chi connectivity index (χ0v) is 7.73. The number of aliphatic hydroxyl groups excluding tert-OH is 1. The molecular weight excluding hydrogens is 184 g/mol. The average molecular weight is 198 g/mol. The van der Waals surface area contributed by atoms with E-state index in [9.17, 15) is 9.90 Å². The number of carboxylic acid groups (broad SMARTS) is 1. The van der Waals surface area contributed by atoms with E-state index in [4.69, 9.17) is 5.11 Å². The number of rotatable bonds is 6. The highest BCUT2D eigenvalue weighted by molar-refractivity contribution is 5.67. The summed E-state index contributed by atoms with van der Waals surface area (Å²) in [5, 5.41) is 20.5. The minimum atomic E-state index is -0.987. The Morgan fingerprint density at radius 3 is 3.00 bits per heavy atom. The first-order valence-electron chi connectivity index (χ1n) is 4.41. The lowest BCUT2D eigenvalue weighted by Crippen LogP contribution is -2.28. The molecule has 5 nitrogen and oxygen atoms in total. The summed E-state index contributed by atoms with van der Waals surface area (Å²) < 4.78 is 0. The lowest BCUT2D eigenvalue weighted by atomic mass is 10.2. The van der Waals surface area contributed by atoms with Crippen LogP contribution in [-0.4, -0.2) is 33.8 Å². The quantitative estimate of drug-likeness (QED) is 0.516. The predicted molar refractivity (Wildman–Crippen MR) is 50.8 cm³/mol. The van der Waals surface area contributed by atoms with E-state index in [1.165, 1.54) is 0 Å². The number of carboxylic acids is 1. The molecule has 1 aromatic heterocycles. The van der Waals surface area contributed by atoms with E-state index in [1.54, 1.807) is 0 Å². The smallest absolute Gasteiger partial charge is 0.306 e. The van der Waals surface area contributed by atoms with Crippen molar-refractivity contribution in [2.45, 2.75) is 19.1 Å². The monoisotopic (exact) mass is 198 g/mol. The Bertz CT molecular complexity index is 272. The molecule has 4 N–H and O–H groups in total. The van der Waals surface area contributed by atoms with Crippen LogP contribution >= 0.6 is 0 Å². The molecule has 1 unspecified atom stereocenters. The highest BCUT2D eigenvalue weighted by Gasteiger charge is 2.08. The molecule has 0 aliphatic carbocycles. The largest absolute Gasteiger partial charge is 0.481 e. The molecule has 0 radical (unpaired) electrons. The summed E-state index contributed by atoms with van der Waals surface area (Å²) in [5.74, 6) is -0.987. The van der Waals surface area contributed by atoms with E-state index >= 15 is 0 Å². The Morgan fingerprint density at radius 1 is 1.64 bits per heavy atom. The summed E-state index contributed by atoms with van der Waals surface area (Å²) >= 11 is 0. The highest BCUT2D eigenvalue weighted by Crippen LogP contribution is 1.94. The van der Waals surface area contributed by atoms with Crippen molar-refractivity contribution in [3.05, 3.63) is 24.0 Å². The summed E-state index contributed by atoms with van der Waals surface area (Å²) in [6.45, 7) is 0.884. The first kappa shape index (κ1) is 10.7. The van der Waals surface area contributed by atoms with E-state index < -0.39 is 12.1 Å². The third-order valence-electron chi connectivity index (χ3n) is 1.77. The van der Waals surface area contributed by atoms with Gasteiger partial charge in [-0.25, -0.2) is 0 Å². The molecule has 1 rings (SSSR count). The van der Waals surface area contributed by atoms with Crippen molar-refractivity contribution in [3.8, 4) is 0 Å². The number of carbonyl (C=O) groups is 1. The van der Waals surface area contributed by atoms with Crippen molar-refractivity contribution in [2.24, 2.45) is 0 Å². The van der Waals surface area contributed by atoms with Crippen molar-refractivity contribution in [1.82, 2.24) is 10.3 Å². The number of hydrogen-bond acceptors (Lipinski definition) is 3. The van der Waals surface area contributed by atoms with Crippen molar-refractivity contribution in [1.29, 1.82) is 0 Å². The maximum atomic E-state index is 10.2. The molecule has 78 valence electrons. The fraction of sp³-hybridized carbons (Fsp3) is 0.444. The normalized spacial score (nSPS) is 12.6. The molecule has 0 aliphatic heterocycles. The number of H-pyrrole nitrogens is 1. The van der Waals surface area contributed by atoms with Gasteiger partial charge in [0.2, 0.25) is 0 Å². The Morgan fingerprint density at radius 2 is 2.43 bits per heavy atom. The molecule has 1 heterocycles. The first-order chi connectivity index (χ1) is 6.68. The summed E-state index contributed by atoms with van der Waals surface area (Å²) in [6, 6.07) is 3.79. The molecule has 0 fully saturated rings. The number of aliphatic hydroxyl groups is 1. The molecular formula is C9H14N2O3. The maximum absolute atomic E-state index is 10.2. The van der Waals surface area contributed by atoms with Gasteiger partial charge in [0.05, 0.1) is 12.5 Å². The SMILES string of the molecule is O=C(O)CC(O)CNCc1ccc[nH]1. The van der Waals surface area contributed by atoms with Crippen LogP contribution in [0.25, 0.3) is 0 Å². The second kappa shape index (κ2) is 5.41. The zero-order valence-electron chi connectivity index (χ0n) is 7.73. The zero-order chi connectivity index (χ0) is 10.4. The third-order valence-corrected chi connectivity index (χ3v) is 1.77. The molecule has 0 aromatic carbocycles. The van der Waals surface area contributed by atoms with Gasteiger partial charge in [-0.05, 0) is 12.1 Å². The van der Waals surface area contributed by atoms with Gasteiger partial charge in [-0.15, -0.1) is 0 Å². The molecule has 0 bridgehead atoms. The molecule has 5 heteroatoms. The van der Waals surface area contributed by atoms with Crippen molar-refractivity contribution in [3.63, 3.8) is 0 Å². The number of aromatic nitrogens is 1. The molecule has 1 aromatic rings. The third kappa shape index (κ3) is 4.06. The lowest BCUT2D eigenvalue weighted by Gasteiger charge is -2.08. The van der Waals surface area contributed by atoms with Gasteiger partial charge in [0.15, 0.2) is 0 Å². The van der Waals surface area contributed by atoms with Gasteiger partial charge in [-0.1, -0.05) is 0 Å². The maximum Gasteiger partial charge on any atom is 0.306 e. The Kier molecular flexibility index (Phi) is 4.15. The van der Waals surface area contributed by atoms with Crippen LogP contribution in [0.4, 0.5) is 0 Å². The minimum Gasteiger partial charge on any atom is -0.481 e. The predicted octanol–water partition coefficient (Wildman–Crippen LogP) is -0.0601. The number of aliphatic carboxylic acids is 1. The topological polar surface area (TPSA) is 85.3 Å². The van der Waals surface area contributed by atoms with Crippen molar-refractivity contribution < 1.29 is 15.0 Å². The van der Waals surface area contributed by atoms with Crippen LogP contribution in [0.3, 0.4) is 0 Å². The Balaban J connectivity index is 2.12. The second-order valence-electron chi connectivity index (χ2n) is 3.08. The molecule has 14 heavy (non-hydrogen) atoms. The van der Waals surface area contributed by atoms with Gasteiger partial charge in [0.1, 0.15) is 0 Å². The average Bonchev–Trinajstić information content (AvgIpc) is 2.55. The summed E-state index contributed by atoms with van der Waals surface area (Å²) in [6.07, 6.45) is 0.755. The molecule has 1 atom stereocenters. The van der Waals surface area contributed by atoms with Crippen molar-refractivity contribution >= 4 is 5.97 Å². The van der Waals surface area contributed by atoms with Crippen LogP contribution in [0.5, 0.6) is 0 Å². The van der Waals surface area contributed by atoms with Gasteiger partial charge in [-0.2, -0.15) is 0 Å². The van der Waals surface area contributed by atoms with Crippen LogP contribution in [-0.2, 0) is 11.3 Å². The number of nitrogens with one attached hydrogen (secondary N) is 2. The van der Waals surface area contributed by atoms with Crippen LogP contribution in [0, 0.1) is 0 Å². The molecule has 0 spiro atoms. The first-order valence-corrected chi connectivity index (χ1v) is 4.41. The summed E-state index contributed by atoms with van der Waals surface area (Å²) in [7, 11) is 0. The number of aromatic amines is 1. The standard InChI is InChI=1S/C9H14N2O3/c12-8(4-9(13)14)6-10-5-7-2-1-3-11-7/h1-3,8,10-12H,4-6H2,(H,13,14). The highest BCUT2D eigenvalue weighted by atomic mass is 16.4. The van der Waals surface area contributed by atoms with E-state index in [0.29, 0.717) is 6.54 Å². The van der Waals surface area contributed by atoms with Gasteiger partial charge < -0.3 is 20.5 Å². The van der Waals surface area contributed by atoms with Crippen LogP contribution in [0.1, 0.15) is 12.1 Å². The van der Waals surface area contributed by atoms with Gasteiger partial charge >= 0.3 is 5.97 Å². The lowest BCUT2D eigenvalue weighted by molar-refractivity contribution is -0.139. The van der Waals surface area contributed by atoms with Gasteiger partial charge in [-0.3, -0.25) is 4.79 Å². The fourth-order valence-corrected chi connectivity index (χ4v) is 1.12. The fourth-order valence-electron chi connectivity index (χ4n) is 1.12. The molecule has 0 saturated carbocycles. The van der Waals surface area contributed by atoms with Gasteiger partial charge in [0, 0.05) is 25.0 Å². The minimum absolute atomic E-state index is 0.224. The van der Waals surface area contributed by atoms with E-state index in [-0.39, 0.29) is 13.0 Å². The summed E-state index contributed by atoms with van der Waals surface area (Å²) in [5.41, 5.74) is 1.01. The molecule has 0 saturated heterocycles. The molecule has 0 amide bonds. The molecule has 0 aliphatic rings. The van der Waals surface area contributed by atoms with E-state index in [2.05, 4.69) is 10.3 Å². The van der Waals surface area contributed by atoms with Crippen LogP contribution in [0.2, 0.25) is 0 Å². The number of hydrogen-bond donors (Lipinski definition) is 4. The van der Waals surface area contributed by atoms with Gasteiger partial charge in [0.25, 0.3) is 0 Å².